The lowest BCUT2D eigenvalue weighted by molar-refractivity contribution is -0.113. The Morgan fingerprint density at radius 3 is 2.50 bits per heavy atom. The van der Waals surface area contributed by atoms with E-state index in [1.807, 2.05) is 49.1 Å². The van der Waals surface area contributed by atoms with Crippen molar-refractivity contribution in [3.63, 3.8) is 0 Å². The second-order valence-electron chi connectivity index (χ2n) is 7.57. The largest absolute Gasteiger partial charge is 0.325 e. The molecule has 1 fully saturated rings. The van der Waals surface area contributed by atoms with Gasteiger partial charge in [0, 0.05) is 16.4 Å². The van der Waals surface area contributed by atoms with Crippen molar-refractivity contribution in [2.45, 2.75) is 25.9 Å². The molecule has 4 rings (SSSR count). The van der Waals surface area contributed by atoms with Gasteiger partial charge >= 0.3 is 0 Å². The number of carbonyl (C=O) groups is 1. The van der Waals surface area contributed by atoms with Gasteiger partial charge in [0.2, 0.25) is 5.91 Å². The van der Waals surface area contributed by atoms with Gasteiger partial charge in [-0.1, -0.05) is 41.6 Å². The minimum Gasteiger partial charge on any atom is -0.325 e. The van der Waals surface area contributed by atoms with E-state index in [0.717, 1.165) is 22.5 Å². The molecule has 1 saturated heterocycles. The number of aliphatic imine (C=N–C) groups is 1. The first-order valence-corrected chi connectivity index (χ1v) is 12.7. The summed E-state index contributed by atoms with van der Waals surface area (Å²) in [5, 5.41) is 4.25. The summed E-state index contributed by atoms with van der Waals surface area (Å²) in [6.45, 7) is 3.92. The van der Waals surface area contributed by atoms with E-state index in [1.165, 1.54) is 11.8 Å². The molecule has 0 saturated carbocycles. The molecule has 2 atom stereocenters. The first-order valence-electron chi connectivity index (χ1n) is 9.55. The summed E-state index contributed by atoms with van der Waals surface area (Å²) >= 11 is 7.34. The van der Waals surface area contributed by atoms with Gasteiger partial charge in [-0.3, -0.25) is 9.79 Å². The third-order valence-electron chi connectivity index (χ3n) is 5.29. The van der Waals surface area contributed by atoms with E-state index in [0.29, 0.717) is 10.2 Å². The molecule has 0 aliphatic carbocycles. The Morgan fingerprint density at radius 2 is 1.83 bits per heavy atom. The number of fused-ring (bicyclic) bond motifs is 1. The van der Waals surface area contributed by atoms with E-state index >= 15 is 0 Å². The Kier molecular flexibility index (Phi) is 5.83. The summed E-state index contributed by atoms with van der Waals surface area (Å²) in [5.41, 5.74) is 3.67. The van der Waals surface area contributed by atoms with E-state index in [4.69, 9.17) is 11.6 Å². The van der Waals surface area contributed by atoms with Crippen LogP contribution in [0.1, 0.15) is 11.1 Å². The van der Waals surface area contributed by atoms with E-state index in [1.54, 1.807) is 12.1 Å². The first kappa shape index (κ1) is 21.2. The van der Waals surface area contributed by atoms with Crippen LogP contribution in [0.3, 0.4) is 0 Å². The Hall–Kier alpha value is -2.03. The van der Waals surface area contributed by atoms with Gasteiger partial charge in [-0.25, -0.2) is 8.42 Å². The minimum atomic E-state index is -3.12. The zero-order valence-electron chi connectivity index (χ0n) is 16.6. The third-order valence-corrected chi connectivity index (χ3v) is 8.21. The molecule has 0 bridgehead atoms. The van der Waals surface area contributed by atoms with Crippen LogP contribution < -0.4 is 10.2 Å². The van der Waals surface area contributed by atoms with Crippen LogP contribution in [-0.2, 0) is 14.6 Å². The van der Waals surface area contributed by atoms with Crippen LogP contribution in [0.5, 0.6) is 0 Å². The lowest BCUT2D eigenvalue weighted by Gasteiger charge is -2.26. The summed E-state index contributed by atoms with van der Waals surface area (Å²) < 4.78 is 24.3. The quantitative estimate of drug-likeness (QED) is 0.748. The smallest absolute Gasteiger partial charge is 0.234 e. The SMILES string of the molecule is Cc1cccc(C)c1NC(=O)CSC1=N[C@H]2CS(=O)(=O)C[C@H]2N1c1ccc(Cl)cc1. The maximum atomic E-state index is 12.6. The van der Waals surface area contributed by atoms with Crippen LogP contribution in [-0.4, -0.2) is 48.8 Å². The van der Waals surface area contributed by atoms with Gasteiger partial charge in [0.15, 0.2) is 15.0 Å². The Labute approximate surface area is 185 Å². The number of aryl methyl sites for hydroxylation is 2. The number of nitrogens with one attached hydrogen (secondary N) is 1. The number of hydrogen-bond acceptors (Lipinski definition) is 6. The van der Waals surface area contributed by atoms with Crippen molar-refractivity contribution >= 4 is 55.6 Å². The van der Waals surface area contributed by atoms with Crippen molar-refractivity contribution in [3.8, 4) is 0 Å². The number of amides is 1. The Morgan fingerprint density at radius 1 is 1.17 bits per heavy atom. The summed E-state index contributed by atoms with van der Waals surface area (Å²) in [4.78, 5) is 19.2. The van der Waals surface area contributed by atoms with Gasteiger partial charge in [-0.2, -0.15) is 0 Å². The molecule has 6 nitrogen and oxygen atoms in total. The van der Waals surface area contributed by atoms with Crippen LogP contribution in [0.2, 0.25) is 5.02 Å². The number of halogens is 1. The molecule has 158 valence electrons. The number of carbonyl (C=O) groups excluding carboxylic acids is 1. The highest BCUT2D eigenvalue weighted by Gasteiger charge is 2.47. The standard InChI is InChI=1S/C21H22ClN3O3S2/c1-13-4-3-5-14(2)20(13)24-19(26)10-29-21-23-17-11-30(27,28)12-18(17)25(21)16-8-6-15(22)7-9-16/h3-9,17-18H,10-12H2,1-2H3,(H,24,26)/t17-,18+/m0/s1. The average molecular weight is 464 g/mol. The lowest BCUT2D eigenvalue weighted by atomic mass is 10.1. The predicted molar refractivity (Wildman–Crippen MR) is 125 cm³/mol. The molecule has 1 amide bonds. The van der Waals surface area contributed by atoms with E-state index in [-0.39, 0.29) is 35.2 Å². The Balaban J connectivity index is 1.51. The summed E-state index contributed by atoms with van der Waals surface area (Å²) in [7, 11) is -3.12. The van der Waals surface area contributed by atoms with Crippen LogP contribution in [0.25, 0.3) is 0 Å². The van der Waals surface area contributed by atoms with E-state index in [9.17, 15) is 13.2 Å². The van der Waals surface area contributed by atoms with Crippen LogP contribution >= 0.6 is 23.4 Å². The van der Waals surface area contributed by atoms with Crippen molar-refractivity contribution in [3.05, 3.63) is 58.6 Å². The van der Waals surface area contributed by atoms with Crippen LogP contribution in [0.4, 0.5) is 11.4 Å². The summed E-state index contributed by atoms with van der Waals surface area (Å²) in [5.74, 6) is 0.159. The highest BCUT2D eigenvalue weighted by Crippen LogP contribution is 2.35. The van der Waals surface area contributed by atoms with Gasteiger partial charge in [-0.15, -0.1) is 0 Å². The fraction of sp³-hybridized carbons (Fsp3) is 0.333. The normalized spacial score (nSPS) is 22.0. The molecule has 2 heterocycles. The topological polar surface area (TPSA) is 78.8 Å². The lowest BCUT2D eigenvalue weighted by Crippen LogP contribution is -2.39. The van der Waals surface area contributed by atoms with Gasteiger partial charge < -0.3 is 10.2 Å². The predicted octanol–water partition coefficient (Wildman–Crippen LogP) is 3.67. The molecule has 0 spiro atoms. The molecule has 0 aromatic heterocycles. The molecule has 2 aromatic rings. The summed E-state index contributed by atoms with van der Waals surface area (Å²) in [6, 6.07) is 12.5. The zero-order valence-corrected chi connectivity index (χ0v) is 19.0. The number of sulfone groups is 1. The van der Waals surface area contributed by atoms with Crippen LogP contribution in [0.15, 0.2) is 47.5 Å². The number of benzene rings is 2. The zero-order chi connectivity index (χ0) is 21.5. The Bertz CT molecular complexity index is 1100. The fourth-order valence-corrected chi connectivity index (χ4v) is 6.75. The highest BCUT2D eigenvalue weighted by atomic mass is 35.5. The number of rotatable bonds is 4. The maximum Gasteiger partial charge on any atom is 0.234 e. The second kappa shape index (κ2) is 8.24. The average Bonchev–Trinajstić information content (AvgIpc) is 3.15. The molecule has 2 aliphatic heterocycles. The minimum absolute atomic E-state index is 0.0421. The summed E-state index contributed by atoms with van der Waals surface area (Å²) in [6.07, 6.45) is 0. The van der Waals surface area contributed by atoms with Crippen molar-refractivity contribution in [1.29, 1.82) is 0 Å². The monoisotopic (exact) mass is 463 g/mol. The molecule has 2 aromatic carbocycles. The van der Waals surface area contributed by atoms with Gasteiger partial charge in [0.25, 0.3) is 0 Å². The second-order valence-corrected chi connectivity index (χ2v) is 11.1. The van der Waals surface area contributed by atoms with E-state index in [2.05, 4.69) is 10.3 Å². The number of thioether (sulfide) groups is 1. The molecule has 0 unspecified atom stereocenters. The van der Waals surface area contributed by atoms with Crippen molar-refractivity contribution in [1.82, 2.24) is 0 Å². The molecule has 1 N–H and O–H groups in total. The molecular weight excluding hydrogens is 442 g/mol. The van der Waals surface area contributed by atoms with Gasteiger partial charge in [0.05, 0.1) is 29.3 Å². The fourth-order valence-electron chi connectivity index (χ4n) is 3.85. The van der Waals surface area contributed by atoms with Gasteiger partial charge in [-0.05, 0) is 49.2 Å². The molecular formula is C21H22ClN3O3S2. The number of nitrogens with zero attached hydrogens (tertiary/aromatic N) is 2. The number of anilines is 2. The first-order chi connectivity index (χ1) is 14.2. The molecule has 2 aliphatic rings. The van der Waals surface area contributed by atoms with Crippen molar-refractivity contribution in [2.75, 3.05) is 27.5 Å². The number of amidine groups is 1. The maximum absolute atomic E-state index is 12.6. The number of hydrogen-bond donors (Lipinski definition) is 1. The van der Waals surface area contributed by atoms with Crippen molar-refractivity contribution in [2.24, 2.45) is 4.99 Å². The van der Waals surface area contributed by atoms with E-state index < -0.39 is 9.84 Å². The molecule has 9 heteroatoms. The number of para-hydroxylation sites is 1. The van der Waals surface area contributed by atoms with Crippen molar-refractivity contribution < 1.29 is 13.2 Å². The molecule has 30 heavy (non-hydrogen) atoms. The van der Waals surface area contributed by atoms with Crippen LogP contribution in [0, 0.1) is 13.8 Å². The van der Waals surface area contributed by atoms with Gasteiger partial charge in [0.1, 0.15) is 0 Å². The molecule has 0 radical (unpaired) electrons. The third kappa shape index (κ3) is 4.36. The highest BCUT2D eigenvalue weighted by molar-refractivity contribution is 8.14.